The van der Waals surface area contributed by atoms with Crippen molar-refractivity contribution in [1.29, 1.82) is 0 Å². The monoisotopic (exact) mass is 361 g/mol. The van der Waals surface area contributed by atoms with Crippen LogP contribution in [0.3, 0.4) is 0 Å². The van der Waals surface area contributed by atoms with Crippen LogP contribution in [0.2, 0.25) is 0 Å². The molecule has 1 aliphatic rings. The fourth-order valence-electron chi connectivity index (χ4n) is 3.24. The molecule has 1 aliphatic heterocycles. The normalized spacial score (nSPS) is 13.5. The van der Waals surface area contributed by atoms with Crippen molar-refractivity contribution < 1.29 is 9.18 Å². The van der Waals surface area contributed by atoms with E-state index in [4.69, 9.17) is 4.98 Å². The minimum Gasteiger partial charge on any atom is -0.334 e. The number of aryl methyl sites for hydroxylation is 2. The zero-order valence-corrected chi connectivity index (χ0v) is 14.9. The van der Waals surface area contributed by atoms with Gasteiger partial charge in [-0.2, -0.15) is 0 Å². The van der Waals surface area contributed by atoms with Crippen LogP contribution in [0.5, 0.6) is 0 Å². The molecule has 0 spiro atoms. The highest BCUT2D eigenvalue weighted by Gasteiger charge is 2.13. The molecule has 136 valence electrons. The summed E-state index contributed by atoms with van der Waals surface area (Å²) in [6.07, 6.45) is 8.58. The predicted molar refractivity (Wildman–Crippen MR) is 105 cm³/mol. The van der Waals surface area contributed by atoms with Gasteiger partial charge in [-0.15, -0.1) is 0 Å². The average Bonchev–Trinajstić information content (AvgIpc) is 3.12. The van der Waals surface area contributed by atoms with Crippen LogP contribution in [0.1, 0.15) is 24.2 Å². The summed E-state index contributed by atoms with van der Waals surface area (Å²) in [6.45, 7) is 1.02. The van der Waals surface area contributed by atoms with Gasteiger partial charge in [-0.1, -0.05) is 24.3 Å². The highest BCUT2D eigenvalue weighted by Crippen LogP contribution is 2.24. The van der Waals surface area contributed by atoms with E-state index < -0.39 is 0 Å². The number of anilines is 1. The summed E-state index contributed by atoms with van der Waals surface area (Å²) in [7, 11) is 0. The molecule has 0 fully saturated rings. The Morgan fingerprint density at radius 3 is 2.81 bits per heavy atom. The Morgan fingerprint density at radius 2 is 2.00 bits per heavy atom. The Morgan fingerprint density at radius 1 is 1.15 bits per heavy atom. The fraction of sp³-hybridized carbons (Fsp3) is 0.182. The van der Waals surface area contributed by atoms with Crippen molar-refractivity contribution in [2.45, 2.75) is 25.8 Å². The number of aromatic nitrogens is 2. The number of imidazole rings is 1. The van der Waals surface area contributed by atoms with E-state index in [2.05, 4.69) is 16.1 Å². The molecule has 0 saturated heterocycles. The lowest BCUT2D eigenvalue weighted by Crippen LogP contribution is -2.08. The van der Waals surface area contributed by atoms with Gasteiger partial charge in [0.05, 0.1) is 5.69 Å². The highest BCUT2D eigenvalue weighted by molar-refractivity contribution is 6.02. The first-order valence-corrected chi connectivity index (χ1v) is 9.08. The highest BCUT2D eigenvalue weighted by atomic mass is 19.1. The second-order valence-corrected chi connectivity index (χ2v) is 6.65. The van der Waals surface area contributed by atoms with E-state index in [1.165, 1.54) is 31.1 Å². The van der Waals surface area contributed by atoms with Crippen LogP contribution >= 0.6 is 0 Å². The SMILES string of the molecule is O=C(/C=C/c1ccc(F)cc1)Nc1cccc(-c2cn3c(n2)CCCC3)c1. The molecule has 4 rings (SSSR count). The predicted octanol–water partition coefficient (Wildman–Crippen LogP) is 4.68. The van der Waals surface area contributed by atoms with Crippen LogP contribution in [0.4, 0.5) is 10.1 Å². The molecule has 5 heteroatoms. The molecule has 2 heterocycles. The summed E-state index contributed by atoms with van der Waals surface area (Å²) in [5.74, 6) is 0.600. The topological polar surface area (TPSA) is 46.9 Å². The number of hydrogen-bond donors (Lipinski definition) is 1. The third-order valence-corrected chi connectivity index (χ3v) is 4.63. The maximum atomic E-state index is 12.9. The van der Waals surface area contributed by atoms with Gasteiger partial charge in [0.25, 0.3) is 0 Å². The van der Waals surface area contributed by atoms with Gasteiger partial charge in [-0.05, 0) is 48.7 Å². The number of carbonyl (C=O) groups excluding carboxylic acids is 1. The Balaban J connectivity index is 1.46. The number of amides is 1. The van der Waals surface area contributed by atoms with Gasteiger partial charge >= 0.3 is 0 Å². The summed E-state index contributed by atoms with van der Waals surface area (Å²) in [5.41, 5.74) is 3.40. The van der Waals surface area contributed by atoms with Crippen LogP contribution < -0.4 is 5.32 Å². The second-order valence-electron chi connectivity index (χ2n) is 6.65. The summed E-state index contributed by atoms with van der Waals surface area (Å²) in [4.78, 5) is 16.9. The van der Waals surface area contributed by atoms with Gasteiger partial charge in [0.1, 0.15) is 11.6 Å². The number of nitrogens with zero attached hydrogens (tertiary/aromatic N) is 2. The maximum Gasteiger partial charge on any atom is 0.248 e. The molecule has 0 aliphatic carbocycles. The Kier molecular flexibility index (Phi) is 4.83. The van der Waals surface area contributed by atoms with Crippen LogP contribution in [0, 0.1) is 5.82 Å². The van der Waals surface area contributed by atoms with Crippen LogP contribution in [-0.2, 0) is 17.8 Å². The van der Waals surface area contributed by atoms with Crippen LogP contribution in [-0.4, -0.2) is 15.5 Å². The molecule has 0 saturated carbocycles. The van der Waals surface area contributed by atoms with Gasteiger partial charge < -0.3 is 9.88 Å². The van der Waals surface area contributed by atoms with Crippen molar-refractivity contribution in [3.05, 3.63) is 78.0 Å². The first kappa shape index (κ1) is 17.2. The first-order chi connectivity index (χ1) is 13.2. The van der Waals surface area contributed by atoms with E-state index >= 15 is 0 Å². The molecule has 0 atom stereocenters. The van der Waals surface area contributed by atoms with Gasteiger partial charge in [-0.3, -0.25) is 4.79 Å². The lowest BCUT2D eigenvalue weighted by molar-refractivity contribution is -0.111. The summed E-state index contributed by atoms with van der Waals surface area (Å²) >= 11 is 0. The van der Waals surface area contributed by atoms with Crippen molar-refractivity contribution in [2.75, 3.05) is 5.32 Å². The summed E-state index contributed by atoms with van der Waals surface area (Å²) in [6, 6.07) is 13.7. The third kappa shape index (κ3) is 4.14. The molecule has 0 bridgehead atoms. The molecular weight excluding hydrogens is 341 g/mol. The summed E-state index contributed by atoms with van der Waals surface area (Å²) < 4.78 is 15.1. The van der Waals surface area contributed by atoms with Crippen LogP contribution in [0.25, 0.3) is 17.3 Å². The minimum absolute atomic E-state index is 0.236. The van der Waals surface area contributed by atoms with Crippen molar-refractivity contribution in [2.24, 2.45) is 0 Å². The average molecular weight is 361 g/mol. The Bertz CT molecular complexity index is 966. The number of rotatable bonds is 4. The Labute approximate surface area is 157 Å². The molecule has 1 amide bonds. The van der Waals surface area contributed by atoms with Crippen LogP contribution in [0.15, 0.2) is 60.8 Å². The van der Waals surface area contributed by atoms with Gasteiger partial charge in [0.15, 0.2) is 0 Å². The smallest absolute Gasteiger partial charge is 0.248 e. The number of fused-ring (bicyclic) bond motifs is 1. The zero-order valence-electron chi connectivity index (χ0n) is 14.9. The molecule has 0 radical (unpaired) electrons. The Hall–Kier alpha value is -3.21. The molecule has 0 unspecified atom stereocenters. The van der Waals surface area contributed by atoms with Crippen molar-refractivity contribution >= 4 is 17.7 Å². The number of carbonyl (C=O) groups is 1. The molecule has 1 N–H and O–H groups in total. The standard InChI is InChI=1S/C22H20FN3O/c23-18-10-7-16(8-11-18)9-12-22(27)24-19-5-3-4-17(14-19)20-15-26-13-2-1-6-21(26)25-20/h3-5,7-12,14-15H,1-2,6,13H2,(H,24,27)/b12-9+. The molecule has 1 aromatic heterocycles. The van der Waals surface area contributed by atoms with Crippen molar-refractivity contribution in [3.63, 3.8) is 0 Å². The van der Waals surface area contributed by atoms with E-state index in [9.17, 15) is 9.18 Å². The second kappa shape index (κ2) is 7.58. The molecule has 27 heavy (non-hydrogen) atoms. The third-order valence-electron chi connectivity index (χ3n) is 4.63. The lowest BCUT2D eigenvalue weighted by Gasteiger charge is -2.11. The van der Waals surface area contributed by atoms with E-state index in [0.29, 0.717) is 5.69 Å². The molecule has 4 nitrogen and oxygen atoms in total. The summed E-state index contributed by atoms with van der Waals surface area (Å²) in [5, 5.41) is 2.86. The largest absolute Gasteiger partial charge is 0.334 e. The van der Waals surface area contributed by atoms with Gasteiger partial charge in [0, 0.05) is 36.5 Å². The number of hydrogen-bond acceptors (Lipinski definition) is 2. The fourth-order valence-corrected chi connectivity index (χ4v) is 3.24. The van der Waals surface area contributed by atoms with E-state index in [-0.39, 0.29) is 11.7 Å². The number of halogens is 1. The maximum absolute atomic E-state index is 12.9. The number of benzene rings is 2. The molecular formula is C22H20FN3O. The first-order valence-electron chi connectivity index (χ1n) is 9.08. The van der Waals surface area contributed by atoms with Crippen molar-refractivity contribution in [3.8, 4) is 11.3 Å². The van der Waals surface area contributed by atoms with Gasteiger partial charge in [-0.25, -0.2) is 9.37 Å². The van der Waals surface area contributed by atoms with Crippen molar-refractivity contribution in [1.82, 2.24) is 9.55 Å². The minimum atomic E-state index is -0.297. The van der Waals surface area contributed by atoms with E-state index in [1.54, 1.807) is 18.2 Å². The zero-order chi connectivity index (χ0) is 18.6. The van der Waals surface area contributed by atoms with Gasteiger partial charge in [0.2, 0.25) is 5.91 Å². The lowest BCUT2D eigenvalue weighted by atomic mass is 10.1. The number of nitrogens with one attached hydrogen (secondary N) is 1. The van der Waals surface area contributed by atoms with E-state index in [1.807, 2.05) is 24.3 Å². The molecule has 2 aromatic carbocycles. The quantitative estimate of drug-likeness (QED) is 0.686. The molecule has 3 aromatic rings. The van der Waals surface area contributed by atoms with E-state index in [0.717, 1.165) is 35.6 Å².